The highest BCUT2D eigenvalue weighted by molar-refractivity contribution is 7.81. The summed E-state index contributed by atoms with van der Waals surface area (Å²) in [6.45, 7) is 3.38. The number of anilines is 2. The van der Waals surface area contributed by atoms with E-state index in [-0.39, 0.29) is 58.9 Å². The smallest absolute Gasteiger partial charge is 0.354 e. The number of benzene rings is 4. The van der Waals surface area contributed by atoms with Crippen LogP contribution in [0.15, 0.2) is 72.8 Å². The number of halogens is 5. The van der Waals surface area contributed by atoms with E-state index in [4.69, 9.17) is 17.5 Å². The van der Waals surface area contributed by atoms with Crippen LogP contribution in [-0.4, -0.2) is 52.4 Å². The quantitative estimate of drug-likeness (QED) is 0.0963. The minimum absolute atomic E-state index is 0.0571. The Morgan fingerprint density at radius 2 is 1.69 bits per heavy atom. The number of thiocarbonyl (C=S) groups is 1. The Labute approximate surface area is 332 Å². The van der Waals surface area contributed by atoms with Crippen LogP contribution in [0.1, 0.15) is 63.2 Å². The largest absolute Gasteiger partial charge is 0.417 e. The van der Waals surface area contributed by atoms with Crippen molar-refractivity contribution in [3.8, 4) is 17.3 Å². The molecule has 2 aliphatic rings. The number of alkyl halides is 3. The number of amides is 4. The number of nitriles is 1. The molecule has 0 atom stereocenters. The molecule has 11 nitrogen and oxygen atoms in total. The molecule has 0 bridgehead atoms. The lowest BCUT2D eigenvalue weighted by Gasteiger charge is -2.29. The number of rotatable bonds is 9. The van der Waals surface area contributed by atoms with Crippen molar-refractivity contribution in [2.24, 2.45) is 0 Å². The van der Waals surface area contributed by atoms with Gasteiger partial charge in [0.05, 0.1) is 34.0 Å². The Morgan fingerprint density at radius 1 is 0.966 bits per heavy atom. The van der Waals surface area contributed by atoms with Crippen molar-refractivity contribution in [3.05, 3.63) is 118 Å². The fraction of sp³-hybridized carbons (Fsp3) is 0.220. The van der Waals surface area contributed by atoms with Gasteiger partial charge in [0.2, 0.25) is 5.91 Å². The van der Waals surface area contributed by atoms with Crippen LogP contribution in [0, 0.1) is 23.0 Å². The van der Waals surface area contributed by atoms with Gasteiger partial charge < -0.3 is 25.8 Å². The first kappa shape index (κ1) is 39.6. The summed E-state index contributed by atoms with van der Waals surface area (Å²) < 4.78 is 70.7. The number of H-pyrrole nitrogens is 1. The third-order valence-corrected chi connectivity index (χ3v) is 10.4. The Morgan fingerprint density at radius 3 is 2.38 bits per heavy atom. The lowest BCUT2D eigenvalue weighted by Crippen LogP contribution is -2.44. The van der Waals surface area contributed by atoms with Crippen molar-refractivity contribution in [3.63, 3.8) is 0 Å². The summed E-state index contributed by atoms with van der Waals surface area (Å²) in [6.07, 6.45) is -4.44. The fourth-order valence-corrected chi connectivity index (χ4v) is 7.71. The molecular weight excluding hydrogens is 782 g/mol. The maximum absolute atomic E-state index is 15.4. The Hall–Kier alpha value is -6.67. The first-order valence-electron chi connectivity index (χ1n) is 17.9. The summed E-state index contributed by atoms with van der Waals surface area (Å²) in [5.41, 5.74) is 0.185. The van der Waals surface area contributed by atoms with Crippen molar-refractivity contribution in [1.82, 2.24) is 20.9 Å². The number of hydrogen-bond acceptors (Lipinski definition) is 6. The molecule has 3 heterocycles. The van der Waals surface area contributed by atoms with Gasteiger partial charge in [-0.2, -0.15) is 18.4 Å². The number of carbonyl (C=O) groups excluding carboxylic acids is 4. The van der Waals surface area contributed by atoms with Crippen molar-refractivity contribution in [1.29, 1.82) is 5.26 Å². The van der Waals surface area contributed by atoms with Crippen LogP contribution in [0.4, 0.5) is 33.3 Å². The highest BCUT2D eigenvalue weighted by Gasteiger charge is 2.51. The molecule has 7 rings (SSSR count). The monoisotopic (exact) mass is 813 g/mol. The zero-order chi connectivity index (χ0) is 41.7. The third-order valence-electron chi connectivity index (χ3n) is 10.1. The molecule has 1 aromatic heterocycles. The van der Waals surface area contributed by atoms with Crippen LogP contribution in [-0.2, 0) is 28.7 Å². The Kier molecular flexibility index (Phi) is 10.2. The maximum atomic E-state index is 15.4. The third kappa shape index (κ3) is 7.22. The zero-order valence-electron chi connectivity index (χ0n) is 30.7. The number of nitrogens with one attached hydrogen (secondary N) is 4. The van der Waals surface area contributed by atoms with Gasteiger partial charge in [-0.25, -0.2) is 8.78 Å². The van der Waals surface area contributed by atoms with E-state index in [0.29, 0.717) is 29.9 Å². The Bertz CT molecular complexity index is 2600. The number of nitrogens with zero attached hydrogens (tertiary/aromatic N) is 3. The van der Waals surface area contributed by atoms with Crippen LogP contribution in [0.5, 0.6) is 0 Å². The van der Waals surface area contributed by atoms with Crippen LogP contribution in [0.25, 0.3) is 22.2 Å². The first-order valence-corrected chi connectivity index (χ1v) is 18.3. The molecule has 2 aliphatic heterocycles. The second-order valence-electron chi connectivity index (χ2n) is 14.2. The summed E-state index contributed by atoms with van der Waals surface area (Å²) in [5, 5.41) is 17.7. The summed E-state index contributed by atoms with van der Waals surface area (Å²) >= 11 is 5.50. The van der Waals surface area contributed by atoms with E-state index in [2.05, 4.69) is 20.9 Å². The van der Waals surface area contributed by atoms with Crippen LogP contribution in [0.2, 0.25) is 0 Å². The van der Waals surface area contributed by atoms with E-state index < -0.39 is 46.3 Å². The van der Waals surface area contributed by atoms with E-state index in [1.807, 2.05) is 24.3 Å². The molecule has 0 radical (unpaired) electrons. The van der Waals surface area contributed by atoms with Crippen molar-refractivity contribution in [2.45, 2.75) is 44.9 Å². The van der Waals surface area contributed by atoms with E-state index in [0.717, 1.165) is 45.5 Å². The molecule has 0 saturated carbocycles. The highest BCUT2D eigenvalue weighted by Crippen LogP contribution is 2.40. The summed E-state index contributed by atoms with van der Waals surface area (Å²) in [7, 11) is 0. The van der Waals surface area contributed by atoms with Crippen LogP contribution >= 0.6 is 12.2 Å². The molecule has 0 unspecified atom stereocenters. The van der Waals surface area contributed by atoms with Crippen LogP contribution < -0.4 is 25.8 Å². The van der Waals surface area contributed by atoms with Gasteiger partial charge in [-0.3, -0.25) is 24.1 Å². The number of aromatic amines is 1. The van der Waals surface area contributed by atoms with Gasteiger partial charge in [-0.1, -0.05) is 24.3 Å². The lowest BCUT2D eigenvalue weighted by molar-refractivity contribution is -0.137. The minimum Gasteiger partial charge on any atom is -0.354 e. The molecule has 0 aliphatic carbocycles. The molecule has 58 heavy (non-hydrogen) atoms. The summed E-state index contributed by atoms with van der Waals surface area (Å²) in [6, 6.07) is 17.7. The molecule has 5 aromatic rings. The zero-order valence-corrected chi connectivity index (χ0v) is 31.6. The molecule has 0 spiro atoms. The molecule has 1 fully saturated rings. The predicted octanol–water partition coefficient (Wildman–Crippen LogP) is 6.64. The van der Waals surface area contributed by atoms with Crippen molar-refractivity contribution >= 4 is 63.2 Å². The molecular formula is C41H32F5N7O4S. The minimum atomic E-state index is -4.88. The molecule has 17 heteroatoms. The van der Waals surface area contributed by atoms with Gasteiger partial charge in [-0.05, 0) is 97.7 Å². The average Bonchev–Trinajstić information content (AvgIpc) is 3.54. The normalized spacial score (nSPS) is 15.0. The van der Waals surface area contributed by atoms with Crippen LogP contribution in [0.3, 0.4) is 0 Å². The second kappa shape index (κ2) is 15.0. The SMILES string of the molecule is CC1(C)C(=O)N(c2ccc(C#N)c(C(F)(F)F)c2)C(=S)N1c1ccc(C(=O)NCCC(=O)NCc2ccc(-c3[nH]c4cc(F)cc5c4c3CCNC5=O)cc2)c(F)c1. The second-order valence-corrected chi connectivity index (χ2v) is 14.5. The number of hydrogen-bond donors (Lipinski definition) is 4. The molecule has 296 valence electrons. The standard InChI is InChI=1S/C41H32F5N7O4S/c1-40(2)38(57)52(25-8-7-23(19-47)30(17-25)41(44,45)46)39(58)53(40)26-9-10-27(31(43)18-26)36(55)49-14-12-33(54)50-20-21-3-5-22(6-4-21)35-28-11-13-48-37(56)29-15-24(42)16-32(51-35)34(28)29/h3-10,15-18,51H,11-14,20H2,1-2H3,(H,48,56)(H,49,55)(H,50,54). The highest BCUT2D eigenvalue weighted by atomic mass is 32.1. The van der Waals surface area contributed by atoms with Gasteiger partial charge >= 0.3 is 6.18 Å². The fourth-order valence-electron chi connectivity index (χ4n) is 7.19. The maximum Gasteiger partial charge on any atom is 0.417 e. The van der Waals surface area contributed by atoms with Gasteiger partial charge in [0.15, 0.2) is 5.11 Å². The molecule has 4 amide bonds. The predicted molar refractivity (Wildman–Crippen MR) is 208 cm³/mol. The topological polar surface area (TPSA) is 150 Å². The van der Waals surface area contributed by atoms with Gasteiger partial charge in [0.25, 0.3) is 17.7 Å². The first-order chi connectivity index (χ1) is 27.5. The number of aromatic nitrogens is 1. The van der Waals surface area contributed by atoms with E-state index in [1.165, 1.54) is 49.1 Å². The summed E-state index contributed by atoms with van der Waals surface area (Å²) in [5.74, 6) is -3.72. The van der Waals surface area contributed by atoms with E-state index >= 15 is 4.39 Å². The average molecular weight is 814 g/mol. The lowest BCUT2D eigenvalue weighted by atomic mass is 9.99. The van der Waals surface area contributed by atoms with Crippen molar-refractivity contribution < 1.29 is 41.1 Å². The van der Waals surface area contributed by atoms with Gasteiger partial charge in [-0.15, -0.1) is 0 Å². The van der Waals surface area contributed by atoms with Crippen molar-refractivity contribution in [2.75, 3.05) is 22.9 Å². The molecule has 4 aromatic carbocycles. The van der Waals surface area contributed by atoms with E-state index in [9.17, 15) is 36.7 Å². The number of carbonyl (C=O) groups is 4. The van der Waals surface area contributed by atoms with Gasteiger partial charge in [0, 0.05) is 48.3 Å². The molecule has 1 saturated heterocycles. The molecule has 4 N–H and O–H groups in total. The van der Waals surface area contributed by atoms with E-state index in [1.54, 1.807) is 0 Å². The van der Waals surface area contributed by atoms with Gasteiger partial charge in [0.1, 0.15) is 17.2 Å². The summed E-state index contributed by atoms with van der Waals surface area (Å²) in [4.78, 5) is 56.9. The Balaban J connectivity index is 0.951.